The molecule has 0 saturated carbocycles. The van der Waals surface area contributed by atoms with Crippen molar-refractivity contribution in [3.8, 4) is 33.8 Å². The van der Waals surface area contributed by atoms with E-state index >= 15 is 0 Å². The van der Waals surface area contributed by atoms with Crippen molar-refractivity contribution in [2.45, 2.75) is 5.92 Å². The minimum Gasteiger partial charge on any atom is -0.508 e. The van der Waals surface area contributed by atoms with Crippen molar-refractivity contribution in [3.05, 3.63) is 104 Å². The molecule has 0 saturated heterocycles. The summed E-state index contributed by atoms with van der Waals surface area (Å²) in [4.78, 5) is 0. The Morgan fingerprint density at radius 2 is 1.21 bits per heavy atom. The lowest BCUT2D eigenvalue weighted by Crippen LogP contribution is -1.99. The van der Waals surface area contributed by atoms with E-state index in [-0.39, 0.29) is 17.4 Å². The topological polar surface area (TPSA) is 40.5 Å². The number of rotatable bonds is 2. The number of halogens is 2. The van der Waals surface area contributed by atoms with E-state index in [1.54, 1.807) is 24.3 Å². The largest absolute Gasteiger partial charge is 0.508 e. The molecule has 29 heavy (non-hydrogen) atoms. The Morgan fingerprint density at radius 1 is 0.586 bits per heavy atom. The van der Waals surface area contributed by atoms with Crippen molar-refractivity contribution in [1.29, 1.82) is 0 Å². The van der Waals surface area contributed by atoms with Crippen molar-refractivity contribution >= 4 is 31.9 Å². The van der Waals surface area contributed by atoms with Crippen molar-refractivity contribution in [1.82, 2.24) is 0 Å². The highest BCUT2D eigenvalue weighted by Crippen LogP contribution is 2.53. The van der Waals surface area contributed by atoms with Gasteiger partial charge in [0.2, 0.25) is 0 Å². The third kappa shape index (κ3) is 3.17. The second-order valence-electron chi connectivity index (χ2n) is 7.22. The standard InChI is InChI=1S/C25H16Br2O2/c26-16-5-10-20-22(11-16)24(15-3-8-19(29)9-4-15)23-13-17(27)12-21(25(20)23)14-1-6-18(28)7-2-14/h1-13,24,28-29H. The lowest BCUT2D eigenvalue weighted by Gasteiger charge is -2.16. The van der Waals surface area contributed by atoms with Gasteiger partial charge in [0.05, 0.1) is 0 Å². The summed E-state index contributed by atoms with van der Waals surface area (Å²) in [7, 11) is 0. The van der Waals surface area contributed by atoms with Crippen molar-refractivity contribution in [3.63, 3.8) is 0 Å². The Morgan fingerprint density at radius 3 is 1.90 bits per heavy atom. The highest BCUT2D eigenvalue weighted by atomic mass is 79.9. The molecule has 0 spiro atoms. The van der Waals surface area contributed by atoms with Crippen molar-refractivity contribution < 1.29 is 10.2 Å². The quantitative estimate of drug-likeness (QED) is 0.260. The average Bonchev–Trinajstić information content (AvgIpc) is 3.01. The molecule has 2 N–H and O–H groups in total. The van der Waals surface area contributed by atoms with E-state index in [0.29, 0.717) is 0 Å². The van der Waals surface area contributed by atoms with E-state index in [0.717, 1.165) is 25.6 Å². The molecule has 0 aliphatic heterocycles. The third-order valence-electron chi connectivity index (χ3n) is 5.44. The van der Waals surface area contributed by atoms with Crippen LogP contribution in [0.25, 0.3) is 22.3 Å². The fourth-order valence-electron chi connectivity index (χ4n) is 4.22. The predicted octanol–water partition coefficient (Wildman–Crippen LogP) is 7.45. The summed E-state index contributed by atoms with van der Waals surface area (Å²) in [6.45, 7) is 0. The Labute approximate surface area is 185 Å². The van der Waals surface area contributed by atoms with Gasteiger partial charge in [-0.3, -0.25) is 0 Å². The summed E-state index contributed by atoms with van der Waals surface area (Å²) in [6.07, 6.45) is 0. The molecule has 0 fully saturated rings. The van der Waals surface area contributed by atoms with Gasteiger partial charge in [-0.25, -0.2) is 0 Å². The lowest BCUT2D eigenvalue weighted by molar-refractivity contribution is 0.474. The van der Waals surface area contributed by atoms with E-state index in [2.05, 4.69) is 62.2 Å². The average molecular weight is 508 g/mol. The fourth-order valence-corrected chi connectivity index (χ4v) is 5.07. The SMILES string of the molecule is Oc1ccc(-c2cc(Br)cc3c2-c2ccc(Br)cc2C3c2ccc(O)cc2)cc1. The zero-order valence-corrected chi connectivity index (χ0v) is 18.4. The Kier molecular flexibility index (Phi) is 4.49. The molecule has 1 aliphatic carbocycles. The number of hydrogen-bond donors (Lipinski definition) is 2. The van der Waals surface area contributed by atoms with Gasteiger partial charge in [-0.2, -0.15) is 0 Å². The first-order valence-corrected chi connectivity index (χ1v) is 10.8. The molecule has 142 valence electrons. The van der Waals surface area contributed by atoms with Crippen molar-refractivity contribution in [2.24, 2.45) is 0 Å². The number of aromatic hydroxyl groups is 2. The minimum absolute atomic E-state index is 0.0754. The smallest absolute Gasteiger partial charge is 0.115 e. The van der Waals surface area contributed by atoms with Crippen LogP contribution in [0.2, 0.25) is 0 Å². The summed E-state index contributed by atoms with van der Waals surface area (Å²) >= 11 is 7.33. The molecule has 2 nitrogen and oxygen atoms in total. The van der Waals surface area contributed by atoms with Gasteiger partial charge in [0.1, 0.15) is 11.5 Å². The van der Waals surface area contributed by atoms with Crippen LogP contribution in [0.5, 0.6) is 11.5 Å². The van der Waals surface area contributed by atoms with Gasteiger partial charge in [0.15, 0.2) is 0 Å². The maximum Gasteiger partial charge on any atom is 0.115 e. The summed E-state index contributed by atoms with van der Waals surface area (Å²) in [5.74, 6) is 0.596. The van der Waals surface area contributed by atoms with Crippen LogP contribution in [-0.2, 0) is 0 Å². The first-order chi connectivity index (χ1) is 14.0. The zero-order valence-electron chi connectivity index (χ0n) is 15.2. The maximum atomic E-state index is 9.76. The molecular formula is C25H16Br2O2. The summed E-state index contributed by atoms with van der Waals surface area (Å²) in [5.41, 5.74) is 8.19. The van der Waals surface area contributed by atoms with Gasteiger partial charge in [-0.05, 0) is 87.5 Å². The molecule has 0 heterocycles. The highest BCUT2D eigenvalue weighted by molar-refractivity contribution is 9.10. The number of phenols is 2. The van der Waals surface area contributed by atoms with E-state index in [1.807, 2.05) is 24.3 Å². The number of phenolic OH excluding ortho intramolecular Hbond substituents is 2. The molecule has 4 aromatic rings. The van der Waals surface area contributed by atoms with Crippen LogP contribution in [0.3, 0.4) is 0 Å². The molecule has 1 aliphatic rings. The highest BCUT2D eigenvalue weighted by Gasteiger charge is 2.32. The first kappa shape index (κ1) is 18.5. The Hall–Kier alpha value is -2.56. The number of fused-ring (bicyclic) bond motifs is 3. The van der Waals surface area contributed by atoms with Gasteiger partial charge >= 0.3 is 0 Å². The molecular weight excluding hydrogens is 492 g/mol. The fraction of sp³-hybridized carbons (Fsp3) is 0.0400. The van der Waals surface area contributed by atoms with Crippen LogP contribution in [0.4, 0.5) is 0 Å². The maximum absolute atomic E-state index is 9.76. The molecule has 0 amide bonds. The van der Waals surface area contributed by atoms with E-state index < -0.39 is 0 Å². The van der Waals surface area contributed by atoms with Crippen LogP contribution < -0.4 is 0 Å². The van der Waals surface area contributed by atoms with Crippen LogP contribution in [0.15, 0.2) is 87.8 Å². The van der Waals surface area contributed by atoms with Gasteiger partial charge in [-0.1, -0.05) is 62.2 Å². The minimum atomic E-state index is 0.0754. The second-order valence-corrected chi connectivity index (χ2v) is 9.05. The number of benzene rings is 4. The van der Waals surface area contributed by atoms with Crippen LogP contribution in [0, 0.1) is 0 Å². The normalized spacial score (nSPS) is 14.5. The number of hydrogen-bond acceptors (Lipinski definition) is 2. The van der Waals surface area contributed by atoms with Crippen LogP contribution in [0.1, 0.15) is 22.6 Å². The molecule has 0 radical (unpaired) electrons. The molecule has 0 aromatic heterocycles. The van der Waals surface area contributed by atoms with Gasteiger partial charge in [0.25, 0.3) is 0 Å². The van der Waals surface area contributed by atoms with Gasteiger partial charge in [0, 0.05) is 14.9 Å². The molecule has 4 aromatic carbocycles. The van der Waals surface area contributed by atoms with Crippen LogP contribution >= 0.6 is 31.9 Å². The molecule has 1 atom stereocenters. The molecule has 0 bridgehead atoms. The molecule has 4 heteroatoms. The Balaban J connectivity index is 1.82. The van der Waals surface area contributed by atoms with Gasteiger partial charge < -0.3 is 10.2 Å². The monoisotopic (exact) mass is 506 g/mol. The van der Waals surface area contributed by atoms with Crippen LogP contribution in [-0.4, -0.2) is 10.2 Å². The first-order valence-electron chi connectivity index (χ1n) is 9.23. The van der Waals surface area contributed by atoms with E-state index in [9.17, 15) is 10.2 Å². The summed E-state index contributed by atoms with van der Waals surface area (Å²) in [5, 5.41) is 19.5. The second kappa shape index (κ2) is 7.05. The van der Waals surface area contributed by atoms with E-state index in [4.69, 9.17) is 0 Å². The van der Waals surface area contributed by atoms with Crippen molar-refractivity contribution in [2.75, 3.05) is 0 Å². The lowest BCUT2D eigenvalue weighted by atomic mass is 9.88. The Bertz CT molecular complexity index is 1230. The van der Waals surface area contributed by atoms with E-state index in [1.165, 1.54) is 22.3 Å². The van der Waals surface area contributed by atoms with Gasteiger partial charge in [-0.15, -0.1) is 0 Å². The summed E-state index contributed by atoms with van der Waals surface area (Å²) < 4.78 is 2.05. The third-order valence-corrected chi connectivity index (χ3v) is 6.39. The summed E-state index contributed by atoms with van der Waals surface area (Å²) in [6, 6.07) is 25.5. The zero-order chi connectivity index (χ0) is 20.1. The molecule has 1 unspecified atom stereocenters. The molecule has 5 rings (SSSR count). The predicted molar refractivity (Wildman–Crippen MR) is 123 cm³/mol.